The Bertz CT molecular complexity index is 674. The van der Waals surface area contributed by atoms with Gasteiger partial charge in [0.05, 0.1) is 24.8 Å². The van der Waals surface area contributed by atoms with Gasteiger partial charge in [-0.05, 0) is 39.8 Å². The molecule has 2 aliphatic heterocycles. The molecule has 1 atom stereocenters. The smallest absolute Gasteiger partial charge is 0.410 e. The highest BCUT2D eigenvalue weighted by Crippen LogP contribution is 2.18. The largest absolute Gasteiger partial charge is 0.444 e. The number of nitrogens with zero attached hydrogens (tertiary/aromatic N) is 4. The minimum absolute atomic E-state index is 0. The minimum Gasteiger partial charge on any atom is -0.444 e. The van der Waals surface area contributed by atoms with E-state index in [-0.39, 0.29) is 36.1 Å². The zero-order valence-corrected chi connectivity index (χ0v) is 18.2. The number of pyridine rings is 1. The van der Waals surface area contributed by atoms with Crippen LogP contribution in [0.3, 0.4) is 0 Å². The van der Waals surface area contributed by atoms with E-state index in [4.69, 9.17) is 4.74 Å². The first-order chi connectivity index (χ1) is 11.8. The van der Waals surface area contributed by atoms with Crippen LogP contribution in [-0.4, -0.2) is 64.7 Å². The predicted molar refractivity (Wildman–Crippen MR) is 112 cm³/mol. The highest BCUT2D eigenvalue weighted by molar-refractivity contribution is 14.0. The fourth-order valence-electron chi connectivity index (χ4n) is 3.09. The monoisotopic (exact) mass is 473 g/mol. The standard InChI is InChI=1S/C18H27N5O2.HI/c1-13-6-5-7-14(21-13)10-19-16-20-11-15-12-22(8-9-23(15)16)17(24)25-18(2,3)4;/h5-7,15H,8-12H2,1-4H3,(H,19,20);1H. The molecule has 1 unspecified atom stereocenters. The summed E-state index contributed by atoms with van der Waals surface area (Å²) in [6.07, 6.45) is -0.238. The van der Waals surface area contributed by atoms with Crippen molar-refractivity contribution in [2.24, 2.45) is 4.99 Å². The van der Waals surface area contributed by atoms with Crippen LogP contribution in [0.4, 0.5) is 4.79 Å². The Morgan fingerprint density at radius 3 is 2.81 bits per heavy atom. The zero-order valence-electron chi connectivity index (χ0n) is 15.9. The Hall–Kier alpha value is -1.58. The van der Waals surface area contributed by atoms with Gasteiger partial charge in [-0.1, -0.05) is 6.07 Å². The molecule has 1 aromatic heterocycles. The number of aliphatic imine (C=N–C) groups is 1. The Morgan fingerprint density at radius 2 is 2.12 bits per heavy atom. The van der Waals surface area contributed by atoms with E-state index < -0.39 is 5.60 Å². The summed E-state index contributed by atoms with van der Waals surface area (Å²) in [5.41, 5.74) is 1.54. The van der Waals surface area contributed by atoms with Crippen molar-refractivity contribution in [3.05, 3.63) is 29.6 Å². The summed E-state index contributed by atoms with van der Waals surface area (Å²) in [4.78, 5) is 25.4. The van der Waals surface area contributed by atoms with Crippen molar-refractivity contribution in [1.29, 1.82) is 0 Å². The average molecular weight is 473 g/mol. The van der Waals surface area contributed by atoms with Crippen molar-refractivity contribution in [3.8, 4) is 0 Å². The number of hydrogen-bond acceptors (Lipinski definition) is 6. The van der Waals surface area contributed by atoms with E-state index in [0.29, 0.717) is 26.2 Å². The number of halogens is 1. The molecule has 1 fully saturated rings. The van der Waals surface area contributed by atoms with E-state index in [1.165, 1.54) is 0 Å². The summed E-state index contributed by atoms with van der Waals surface area (Å²) >= 11 is 0. The lowest BCUT2D eigenvalue weighted by molar-refractivity contribution is 0.0137. The van der Waals surface area contributed by atoms with Gasteiger partial charge < -0.3 is 19.9 Å². The third-order valence-corrected chi connectivity index (χ3v) is 4.23. The molecule has 3 rings (SSSR count). The topological polar surface area (TPSA) is 70.1 Å². The van der Waals surface area contributed by atoms with Crippen molar-refractivity contribution in [2.45, 2.75) is 45.9 Å². The van der Waals surface area contributed by atoms with Gasteiger partial charge >= 0.3 is 6.09 Å². The fraction of sp³-hybridized carbons (Fsp3) is 0.611. The summed E-state index contributed by atoms with van der Waals surface area (Å²) in [5, 5.41) is 3.39. The van der Waals surface area contributed by atoms with Crippen molar-refractivity contribution >= 4 is 36.0 Å². The first kappa shape index (κ1) is 20.7. The van der Waals surface area contributed by atoms with Gasteiger partial charge in [0.15, 0.2) is 5.96 Å². The van der Waals surface area contributed by atoms with Gasteiger partial charge in [-0.15, -0.1) is 24.0 Å². The molecular weight excluding hydrogens is 445 g/mol. The molecule has 1 saturated heterocycles. The van der Waals surface area contributed by atoms with Crippen LogP contribution in [0.15, 0.2) is 23.2 Å². The fourth-order valence-corrected chi connectivity index (χ4v) is 3.09. The number of carbonyl (C=O) groups excluding carboxylic acids is 1. The van der Waals surface area contributed by atoms with E-state index in [0.717, 1.165) is 23.9 Å². The third-order valence-electron chi connectivity index (χ3n) is 4.23. The lowest BCUT2D eigenvalue weighted by Gasteiger charge is -2.39. The molecule has 0 aromatic carbocycles. The van der Waals surface area contributed by atoms with E-state index in [1.807, 2.05) is 45.9 Å². The average Bonchev–Trinajstić information content (AvgIpc) is 2.93. The molecule has 1 aromatic rings. The summed E-state index contributed by atoms with van der Waals surface area (Å²) < 4.78 is 5.48. The Kier molecular flexibility index (Phi) is 6.70. The summed E-state index contributed by atoms with van der Waals surface area (Å²) in [7, 11) is 0. The second-order valence-corrected chi connectivity index (χ2v) is 7.56. The van der Waals surface area contributed by atoms with Crippen LogP contribution >= 0.6 is 24.0 Å². The van der Waals surface area contributed by atoms with Crippen LogP contribution in [0.2, 0.25) is 0 Å². The van der Waals surface area contributed by atoms with E-state index in [9.17, 15) is 4.79 Å². The van der Waals surface area contributed by atoms with Crippen LogP contribution in [0, 0.1) is 6.92 Å². The number of nitrogens with one attached hydrogen (secondary N) is 1. The minimum atomic E-state index is -0.464. The summed E-state index contributed by atoms with van der Waals surface area (Å²) in [6, 6.07) is 6.22. The van der Waals surface area contributed by atoms with Gasteiger partial charge in [-0.3, -0.25) is 9.98 Å². The SMILES string of the molecule is Cc1cccc(CNC2=NCC3CN(C(=O)OC(C)(C)C)CCN23)n1.I. The van der Waals surface area contributed by atoms with Crippen LogP contribution in [-0.2, 0) is 11.3 Å². The first-order valence-electron chi connectivity index (χ1n) is 8.77. The maximum Gasteiger partial charge on any atom is 0.410 e. The molecule has 0 aliphatic carbocycles. The van der Waals surface area contributed by atoms with E-state index in [1.54, 1.807) is 4.90 Å². The van der Waals surface area contributed by atoms with Crippen molar-refractivity contribution in [1.82, 2.24) is 20.1 Å². The molecule has 2 aliphatic rings. The van der Waals surface area contributed by atoms with Crippen LogP contribution in [0.25, 0.3) is 0 Å². The van der Waals surface area contributed by atoms with E-state index in [2.05, 4.69) is 20.2 Å². The zero-order chi connectivity index (χ0) is 18.0. The van der Waals surface area contributed by atoms with Crippen LogP contribution in [0.1, 0.15) is 32.2 Å². The highest BCUT2D eigenvalue weighted by Gasteiger charge is 2.36. The van der Waals surface area contributed by atoms with Crippen LogP contribution < -0.4 is 5.32 Å². The molecule has 0 saturated carbocycles. The maximum absolute atomic E-state index is 12.3. The number of carbonyl (C=O) groups is 1. The van der Waals surface area contributed by atoms with Gasteiger partial charge in [0.2, 0.25) is 0 Å². The molecule has 3 heterocycles. The third kappa shape index (κ3) is 5.21. The van der Waals surface area contributed by atoms with Crippen molar-refractivity contribution in [3.63, 3.8) is 0 Å². The number of piperazine rings is 1. The molecular formula is C18H28IN5O2. The molecule has 1 amide bonds. The lowest BCUT2D eigenvalue weighted by Crippen LogP contribution is -2.57. The lowest BCUT2D eigenvalue weighted by atomic mass is 10.2. The van der Waals surface area contributed by atoms with Gasteiger partial charge in [-0.2, -0.15) is 0 Å². The quantitative estimate of drug-likeness (QED) is 0.669. The molecule has 0 bridgehead atoms. The number of amides is 1. The number of ether oxygens (including phenoxy) is 1. The number of hydrogen-bond donors (Lipinski definition) is 1. The molecule has 0 spiro atoms. The Balaban J connectivity index is 0.00000243. The summed E-state index contributed by atoms with van der Waals surface area (Å²) in [6.45, 7) is 11.1. The number of aryl methyl sites for hydroxylation is 1. The van der Waals surface area contributed by atoms with Gasteiger partial charge in [0, 0.05) is 25.3 Å². The number of rotatable bonds is 2. The van der Waals surface area contributed by atoms with Gasteiger partial charge in [0.1, 0.15) is 5.60 Å². The Labute approximate surface area is 172 Å². The second-order valence-electron chi connectivity index (χ2n) is 7.56. The normalized spacial score (nSPS) is 19.4. The molecule has 7 nitrogen and oxygen atoms in total. The molecule has 1 N–H and O–H groups in total. The number of fused-ring (bicyclic) bond motifs is 1. The first-order valence-corrected chi connectivity index (χ1v) is 8.77. The van der Waals surface area contributed by atoms with Gasteiger partial charge in [0.25, 0.3) is 0 Å². The van der Waals surface area contributed by atoms with Crippen molar-refractivity contribution < 1.29 is 9.53 Å². The number of guanidine groups is 1. The molecule has 0 radical (unpaired) electrons. The van der Waals surface area contributed by atoms with Crippen molar-refractivity contribution in [2.75, 3.05) is 26.2 Å². The van der Waals surface area contributed by atoms with Crippen LogP contribution in [0.5, 0.6) is 0 Å². The van der Waals surface area contributed by atoms with E-state index >= 15 is 0 Å². The maximum atomic E-state index is 12.3. The summed E-state index contributed by atoms with van der Waals surface area (Å²) in [5.74, 6) is 0.900. The highest BCUT2D eigenvalue weighted by atomic mass is 127. The molecule has 144 valence electrons. The predicted octanol–water partition coefficient (Wildman–Crippen LogP) is 2.39. The molecule has 8 heteroatoms. The Morgan fingerprint density at radius 1 is 1.35 bits per heavy atom. The number of aromatic nitrogens is 1. The molecule has 26 heavy (non-hydrogen) atoms. The second kappa shape index (κ2) is 8.41. The van der Waals surface area contributed by atoms with Gasteiger partial charge in [-0.25, -0.2) is 4.79 Å².